The van der Waals surface area contributed by atoms with Gasteiger partial charge < -0.3 is 0 Å². The Morgan fingerprint density at radius 3 is 3.00 bits per heavy atom. The minimum atomic E-state index is -0.470. The maximum absolute atomic E-state index is 9.27. The Kier molecular flexibility index (Phi) is 2.49. The lowest BCUT2D eigenvalue weighted by molar-refractivity contribution is 0.443. The molecule has 14 heavy (non-hydrogen) atoms. The largest absolute Gasteiger partial charge is 0.299 e. The van der Waals surface area contributed by atoms with Gasteiger partial charge in [-0.05, 0) is 25.1 Å². The first kappa shape index (κ1) is 9.57. The molecule has 0 radical (unpaired) electrons. The molecule has 72 valence electrons. The van der Waals surface area contributed by atoms with Gasteiger partial charge in [0.2, 0.25) is 0 Å². The minimum absolute atomic E-state index is 0.470. The summed E-state index contributed by atoms with van der Waals surface area (Å²) in [5.74, 6) is 1.01. The lowest BCUT2D eigenvalue weighted by Gasteiger charge is -2.32. The molecular formula is C11H12N2S. The van der Waals surface area contributed by atoms with Gasteiger partial charge in [0.15, 0.2) is 0 Å². The SMILES string of the molecule is CNC1(C#N)CCSc2ccccc21. The molecule has 0 spiro atoms. The predicted octanol–water partition coefficient (Wildman–Crippen LogP) is 2.12. The van der Waals surface area contributed by atoms with Crippen molar-refractivity contribution >= 4 is 11.8 Å². The number of hydrogen-bond acceptors (Lipinski definition) is 3. The van der Waals surface area contributed by atoms with E-state index in [2.05, 4.69) is 17.5 Å². The van der Waals surface area contributed by atoms with Crippen molar-refractivity contribution in [3.63, 3.8) is 0 Å². The van der Waals surface area contributed by atoms with E-state index in [4.69, 9.17) is 0 Å². The van der Waals surface area contributed by atoms with Crippen molar-refractivity contribution in [2.24, 2.45) is 0 Å². The number of thioether (sulfide) groups is 1. The molecule has 2 nitrogen and oxygen atoms in total. The van der Waals surface area contributed by atoms with Gasteiger partial charge in [-0.15, -0.1) is 11.8 Å². The van der Waals surface area contributed by atoms with Gasteiger partial charge in [-0.1, -0.05) is 18.2 Å². The highest BCUT2D eigenvalue weighted by atomic mass is 32.2. The van der Waals surface area contributed by atoms with E-state index in [0.717, 1.165) is 17.7 Å². The smallest absolute Gasteiger partial charge is 0.133 e. The molecule has 1 N–H and O–H groups in total. The number of benzene rings is 1. The molecule has 1 aliphatic heterocycles. The molecule has 0 saturated carbocycles. The molecule has 1 heterocycles. The van der Waals surface area contributed by atoms with E-state index >= 15 is 0 Å². The standard InChI is InChI=1S/C11H12N2S/c1-13-11(8-12)6-7-14-10-5-3-2-4-9(10)11/h2-5,13H,6-7H2,1H3. The molecule has 0 aromatic heterocycles. The summed E-state index contributed by atoms with van der Waals surface area (Å²) in [4.78, 5) is 1.23. The summed E-state index contributed by atoms with van der Waals surface area (Å²) in [6, 6.07) is 10.5. The lowest BCUT2D eigenvalue weighted by atomic mass is 9.88. The van der Waals surface area contributed by atoms with Crippen LogP contribution in [0.2, 0.25) is 0 Å². The zero-order valence-electron chi connectivity index (χ0n) is 8.08. The molecule has 0 bridgehead atoms. The number of nitriles is 1. The van der Waals surface area contributed by atoms with Crippen molar-refractivity contribution in [3.8, 4) is 6.07 Å². The minimum Gasteiger partial charge on any atom is -0.299 e. The van der Waals surface area contributed by atoms with E-state index in [0.29, 0.717) is 0 Å². The molecule has 1 atom stereocenters. The molecule has 1 aromatic rings. The van der Waals surface area contributed by atoms with Gasteiger partial charge in [-0.3, -0.25) is 5.32 Å². The normalized spacial score (nSPS) is 25.1. The summed E-state index contributed by atoms with van der Waals surface area (Å²) < 4.78 is 0. The molecule has 0 aliphatic carbocycles. The van der Waals surface area contributed by atoms with Gasteiger partial charge >= 0.3 is 0 Å². The Morgan fingerprint density at radius 1 is 1.50 bits per heavy atom. The average molecular weight is 204 g/mol. The third kappa shape index (κ3) is 1.31. The Labute approximate surface area is 88.3 Å². The van der Waals surface area contributed by atoms with Crippen LogP contribution in [0.1, 0.15) is 12.0 Å². The summed E-state index contributed by atoms with van der Waals surface area (Å²) in [6.45, 7) is 0. The predicted molar refractivity (Wildman–Crippen MR) is 58.1 cm³/mol. The molecule has 2 rings (SSSR count). The average Bonchev–Trinajstić information content (AvgIpc) is 2.28. The highest BCUT2D eigenvalue weighted by molar-refractivity contribution is 7.99. The molecule has 1 aliphatic rings. The number of hydrogen-bond donors (Lipinski definition) is 1. The Balaban J connectivity index is 2.55. The van der Waals surface area contributed by atoms with Crippen LogP contribution in [0.25, 0.3) is 0 Å². The van der Waals surface area contributed by atoms with Crippen LogP contribution in [0.5, 0.6) is 0 Å². The van der Waals surface area contributed by atoms with Crippen molar-refractivity contribution in [2.75, 3.05) is 12.8 Å². The van der Waals surface area contributed by atoms with E-state index in [9.17, 15) is 5.26 Å². The van der Waals surface area contributed by atoms with Crippen molar-refractivity contribution in [2.45, 2.75) is 16.9 Å². The second-order valence-electron chi connectivity index (χ2n) is 3.36. The lowest BCUT2D eigenvalue weighted by Crippen LogP contribution is -2.41. The Hall–Kier alpha value is -0.980. The van der Waals surface area contributed by atoms with Crippen LogP contribution in [0.15, 0.2) is 29.2 Å². The topological polar surface area (TPSA) is 35.8 Å². The second-order valence-corrected chi connectivity index (χ2v) is 4.50. The highest BCUT2D eigenvalue weighted by Crippen LogP contribution is 2.39. The van der Waals surface area contributed by atoms with Crippen molar-refractivity contribution in [1.29, 1.82) is 5.26 Å². The first-order valence-corrected chi connectivity index (χ1v) is 5.63. The summed E-state index contributed by atoms with van der Waals surface area (Å²) in [5, 5.41) is 12.4. The van der Waals surface area contributed by atoms with Gasteiger partial charge in [0, 0.05) is 10.6 Å². The van der Waals surface area contributed by atoms with E-state index in [-0.39, 0.29) is 0 Å². The number of rotatable bonds is 1. The van der Waals surface area contributed by atoms with Gasteiger partial charge in [-0.25, -0.2) is 0 Å². The maximum Gasteiger partial charge on any atom is 0.133 e. The van der Waals surface area contributed by atoms with Crippen LogP contribution in [-0.4, -0.2) is 12.8 Å². The third-order valence-electron chi connectivity index (χ3n) is 2.70. The molecule has 1 unspecified atom stereocenters. The summed E-state index contributed by atoms with van der Waals surface area (Å²) >= 11 is 1.83. The van der Waals surface area contributed by atoms with Crippen molar-refractivity contribution in [1.82, 2.24) is 5.32 Å². The van der Waals surface area contributed by atoms with E-state index in [1.807, 2.05) is 37.0 Å². The highest BCUT2D eigenvalue weighted by Gasteiger charge is 2.35. The fraction of sp³-hybridized carbons (Fsp3) is 0.364. The van der Waals surface area contributed by atoms with E-state index in [1.54, 1.807) is 0 Å². The van der Waals surface area contributed by atoms with Crippen LogP contribution < -0.4 is 5.32 Å². The zero-order chi connectivity index (χ0) is 10.0. The Morgan fingerprint density at radius 2 is 2.29 bits per heavy atom. The summed E-state index contributed by atoms with van der Waals surface area (Å²) in [5.41, 5.74) is 0.656. The Bertz CT molecular complexity index is 383. The molecule has 0 amide bonds. The van der Waals surface area contributed by atoms with Crippen molar-refractivity contribution in [3.05, 3.63) is 29.8 Å². The first-order chi connectivity index (χ1) is 6.82. The maximum atomic E-state index is 9.27. The monoisotopic (exact) mass is 204 g/mol. The van der Waals surface area contributed by atoms with Crippen molar-refractivity contribution < 1.29 is 0 Å². The van der Waals surface area contributed by atoms with Crippen LogP contribution in [0.4, 0.5) is 0 Å². The third-order valence-corrected chi connectivity index (χ3v) is 3.77. The van der Waals surface area contributed by atoms with Crippen LogP contribution in [0.3, 0.4) is 0 Å². The number of nitrogens with zero attached hydrogens (tertiary/aromatic N) is 1. The fourth-order valence-electron chi connectivity index (χ4n) is 1.83. The van der Waals surface area contributed by atoms with E-state index in [1.165, 1.54) is 4.90 Å². The summed E-state index contributed by atoms with van der Waals surface area (Å²) in [7, 11) is 1.86. The van der Waals surface area contributed by atoms with Crippen LogP contribution in [-0.2, 0) is 5.54 Å². The van der Waals surface area contributed by atoms with Gasteiger partial charge in [-0.2, -0.15) is 5.26 Å². The molecule has 0 fully saturated rings. The van der Waals surface area contributed by atoms with Crippen LogP contribution >= 0.6 is 11.8 Å². The van der Waals surface area contributed by atoms with E-state index < -0.39 is 5.54 Å². The molecule has 1 aromatic carbocycles. The second kappa shape index (κ2) is 3.64. The first-order valence-electron chi connectivity index (χ1n) is 4.65. The molecule has 3 heteroatoms. The summed E-state index contributed by atoms with van der Waals surface area (Å²) in [6.07, 6.45) is 0.877. The number of fused-ring (bicyclic) bond motifs is 1. The van der Waals surface area contributed by atoms with Gasteiger partial charge in [0.25, 0.3) is 0 Å². The number of nitrogens with one attached hydrogen (secondary N) is 1. The fourth-order valence-corrected chi connectivity index (χ4v) is 3.03. The zero-order valence-corrected chi connectivity index (χ0v) is 8.90. The van der Waals surface area contributed by atoms with Gasteiger partial charge in [0.1, 0.15) is 5.54 Å². The molecule has 0 saturated heterocycles. The van der Waals surface area contributed by atoms with Crippen LogP contribution in [0, 0.1) is 11.3 Å². The van der Waals surface area contributed by atoms with Gasteiger partial charge in [0.05, 0.1) is 6.07 Å². The molecular weight excluding hydrogens is 192 g/mol. The quantitative estimate of drug-likeness (QED) is 0.761.